The van der Waals surface area contributed by atoms with Gasteiger partial charge in [0.15, 0.2) is 11.6 Å². The normalized spacial score (nSPS) is 13.8. The first kappa shape index (κ1) is 16.0. The molecule has 0 bridgehead atoms. The first-order valence-electron chi connectivity index (χ1n) is 7.82. The second kappa shape index (κ2) is 5.97. The van der Waals surface area contributed by atoms with Crippen LogP contribution in [0.4, 0.5) is 0 Å². The fraction of sp³-hybridized carbons (Fsp3) is 0.300. The van der Waals surface area contributed by atoms with Crippen molar-refractivity contribution in [3.63, 3.8) is 0 Å². The summed E-state index contributed by atoms with van der Waals surface area (Å²) in [6.07, 6.45) is 0.552. The summed E-state index contributed by atoms with van der Waals surface area (Å²) < 4.78 is 0. The van der Waals surface area contributed by atoms with Crippen LogP contribution in [0.5, 0.6) is 0 Å². The van der Waals surface area contributed by atoms with Crippen molar-refractivity contribution in [2.24, 2.45) is 0 Å². The molecule has 2 aromatic rings. The Bertz CT molecular complexity index is 808. The van der Waals surface area contributed by atoms with E-state index in [-0.39, 0.29) is 11.6 Å². The first-order chi connectivity index (χ1) is 10.9. The van der Waals surface area contributed by atoms with E-state index in [9.17, 15) is 9.59 Å². The third-order valence-electron chi connectivity index (χ3n) is 4.72. The zero-order valence-corrected chi connectivity index (χ0v) is 14.8. The van der Waals surface area contributed by atoms with Crippen LogP contribution >= 0.6 is 11.8 Å². The van der Waals surface area contributed by atoms with Gasteiger partial charge in [0.25, 0.3) is 0 Å². The lowest BCUT2D eigenvalue weighted by Gasteiger charge is -2.17. The van der Waals surface area contributed by atoms with E-state index in [2.05, 4.69) is 6.07 Å². The molecule has 1 aliphatic heterocycles. The van der Waals surface area contributed by atoms with Gasteiger partial charge in [-0.1, -0.05) is 6.07 Å². The second-order valence-corrected chi connectivity index (χ2v) is 7.33. The van der Waals surface area contributed by atoms with E-state index in [4.69, 9.17) is 0 Å². The maximum Gasteiger partial charge on any atom is 0.193 e. The van der Waals surface area contributed by atoms with Gasteiger partial charge in [0.1, 0.15) is 0 Å². The largest absolute Gasteiger partial charge is 0.294 e. The highest BCUT2D eigenvalue weighted by Gasteiger charge is 2.22. The molecule has 1 aliphatic rings. The van der Waals surface area contributed by atoms with Gasteiger partial charge in [0.2, 0.25) is 0 Å². The Balaban J connectivity index is 2.12. The molecule has 0 aromatic heterocycles. The summed E-state index contributed by atoms with van der Waals surface area (Å²) >= 11 is 1.69. The molecular weight excluding hydrogens is 304 g/mol. The highest BCUT2D eigenvalue weighted by molar-refractivity contribution is 7.99. The van der Waals surface area contributed by atoms with Crippen LogP contribution in [0.3, 0.4) is 0 Å². The van der Waals surface area contributed by atoms with Crippen LogP contribution in [-0.2, 0) is 0 Å². The third kappa shape index (κ3) is 2.74. The van der Waals surface area contributed by atoms with E-state index in [1.165, 1.54) is 0 Å². The van der Waals surface area contributed by atoms with Crippen LogP contribution in [-0.4, -0.2) is 17.3 Å². The molecule has 0 fully saturated rings. The summed E-state index contributed by atoms with van der Waals surface area (Å²) in [6.45, 7) is 8.06. The smallest absolute Gasteiger partial charge is 0.193 e. The highest BCUT2D eigenvalue weighted by atomic mass is 32.2. The summed E-state index contributed by atoms with van der Waals surface area (Å²) in [5.74, 6) is 0.981. The van der Waals surface area contributed by atoms with Crippen molar-refractivity contribution in [1.29, 1.82) is 0 Å². The predicted octanol–water partition coefficient (Wildman–Crippen LogP) is 4.83. The molecular formula is C20H20O2S. The molecule has 0 N–H and O–H groups in total. The molecule has 3 rings (SSSR count). The standard InChI is InChI=1S/C20H20O2S/c1-11-9-12(2)14(4)19(13(11)3)20(22)15-5-6-18-16(10-15)17(21)7-8-23-18/h5-6,9-10H,7-8H2,1-4H3. The minimum absolute atomic E-state index is 0.0120. The number of fused-ring (bicyclic) bond motifs is 1. The number of thioether (sulfide) groups is 1. The van der Waals surface area contributed by atoms with Crippen LogP contribution in [0.15, 0.2) is 29.2 Å². The van der Waals surface area contributed by atoms with Gasteiger partial charge in [-0.25, -0.2) is 0 Å². The molecule has 0 aliphatic carbocycles. The van der Waals surface area contributed by atoms with Crippen LogP contribution in [0.1, 0.15) is 55.0 Å². The van der Waals surface area contributed by atoms with Gasteiger partial charge in [-0.05, 0) is 68.1 Å². The highest BCUT2D eigenvalue weighted by Crippen LogP contribution is 2.32. The average Bonchev–Trinajstić information content (AvgIpc) is 2.53. The molecule has 2 aromatic carbocycles. The van der Waals surface area contributed by atoms with Crippen LogP contribution < -0.4 is 0 Å². The first-order valence-corrected chi connectivity index (χ1v) is 8.81. The number of benzene rings is 2. The summed E-state index contributed by atoms with van der Waals surface area (Å²) in [7, 11) is 0. The van der Waals surface area contributed by atoms with E-state index in [1.54, 1.807) is 17.8 Å². The van der Waals surface area contributed by atoms with Gasteiger partial charge >= 0.3 is 0 Å². The Labute approximate surface area is 141 Å². The van der Waals surface area contributed by atoms with Crippen molar-refractivity contribution in [2.75, 3.05) is 5.75 Å². The lowest BCUT2D eigenvalue weighted by atomic mass is 9.88. The average molecular weight is 324 g/mol. The number of carbonyl (C=O) groups is 2. The monoisotopic (exact) mass is 324 g/mol. The Morgan fingerprint density at radius 3 is 2.30 bits per heavy atom. The number of Topliss-reactive ketones (excluding diaryl/α,β-unsaturated/α-hetero) is 1. The molecule has 0 amide bonds. The van der Waals surface area contributed by atoms with Crippen molar-refractivity contribution in [3.05, 3.63) is 63.2 Å². The topological polar surface area (TPSA) is 34.1 Å². The number of hydrogen-bond acceptors (Lipinski definition) is 3. The molecule has 0 atom stereocenters. The van der Waals surface area contributed by atoms with Crippen LogP contribution in [0, 0.1) is 27.7 Å². The molecule has 0 saturated heterocycles. The summed E-state index contributed by atoms with van der Waals surface area (Å²) in [5.41, 5.74) is 6.39. The minimum Gasteiger partial charge on any atom is -0.294 e. The van der Waals surface area contributed by atoms with Crippen molar-refractivity contribution in [3.8, 4) is 0 Å². The van der Waals surface area contributed by atoms with Crippen LogP contribution in [0.25, 0.3) is 0 Å². The zero-order chi connectivity index (χ0) is 16.7. The maximum absolute atomic E-state index is 13.1. The maximum atomic E-state index is 13.1. The molecule has 0 saturated carbocycles. The molecule has 2 nitrogen and oxygen atoms in total. The number of hydrogen-bond donors (Lipinski definition) is 0. The third-order valence-corrected chi connectivity index (χ3v) is 5.80. The molecule has 0 unspecified atom stereocenters. The molecule has 0 radical (unpaired) electrons. The van der Waals surface area contributed by atoms with E-state index in [0.717, 1.165) is 38.5 Å². The van der Waals surface area contributed by atoms with Gasteiger partial charge in [-0.2, -0.15) is 0 Å². The Morgan fingerprint density at radius 2 is 1.65 bits per heavy atom. The van der Waals surface area contributed by atoms with Gasteiger partial charge in [-0.15, -0.1) is 11.8 Å². The molecule has 0 spiro atoms. The molecule has 1 heterocycles. The SMILES string of the molecule is Cc1cc(C)c(C)c(C(=O)c2ccc3c(c2)C(=O)CCS3)c1C. The Hall–Kier alpha value is -1.87. The van der Waals surface area contributed by atoms with Crippen molar-refractivity contribution < 1.29 is 9.59 Å². The number of ketones is 2. The quantitative estimate of drug-likeness (QED) is 0.742. The number of carbonyl (C=O) groups excluding carboxylic acids is 2. The van der Waals surface area contributed by atoms with Gasteiger partial charge in [0.05, 0.1) is 0 Å². The lowest BCUT2D eigenvalue weighted by Crippen LogP contribution is -2.12. The minimum atomic E-state index is 0.0120. The van der Waals surface area contributed by atoms with E-state index in [0.29, 0.717) is 17.5 Å². The molecule has 23 heavy (non-hydrogen) atoms. The van der Waals surface area contributed by atoms with E-state index in [1.807, 2.05) is 39.8 Å². The Kier molecular flexibility index (Phi) is 4.15. The number of rotatable bonds is 2. The van der Waals surface area contributed by atoms with E-state index < -0.39 is 0 Å². The van der Waals surface area contributed by atoms with Crippen LogP contribution in [0.2, 0.25) is 0 Å². The fourth-order valence-corrected chi connectivity index (χ4v) is 4.11. The lowest BCUT2D eigenvalue weighted by molar-refractivity contribution is 0.0985. The molecule has 3 heteroatoms. The summed E-state index contributed by atoms with van der Waals surface area (Å²) in [6, 6.07) is 7.66. The second-order valence-electron chi connectivity index (χ2n) is 6.20. The van der Waals surface area contributed by atoms with Crippen molar-refractivity contribution >= 4 is 23.3 Å². The predicted molar refractivity (Wildman–Crippen MR) is 94.9 cm³/mol. The van der Waals surface area contributed by atoms with Crippen molar-refractivity contribution in [2.45, 2.75) is 39.0 Å². The van der Waals surface area contributed by atoms with Gasteiger partial charge in [0, 0.05) is 33.8 Å². The number of aryl methyl sites for hydroxylation is 2. The summed E-state index contributed by atoms with van der Waals surface area (Å²) in [5, 5.41) is 0. The summed E-state index contributed by atoms with van der Waals surface area (Å²) in [4.78, 5) is 26.2. The molecule has 118 valence electrons. The van der Waals surface area contributed by atoms with E-state index >= 15 is 0 Å². The van der Waals surface area contributed by atoms with Gasteiger partial charge < -0.3 is 0 Å². The van der Waals surface area contributed by atoms with Gasteiger partial charge in [-0.3, -0.25) is 9.59 Å². The van der Waals surface area contributed by atoms with Crippen molar-refractivity contribution in [1.82, 2.24) is 0 Å². The zero-order valence-electron chi connectivity index (χ0n) is 13.9. The Morgan fingerprint density at radius 1 is 1.00 bits per heavy atom. The fourth-order valence-electron chi connectivity index (χ4n) is 3.11.